The highest BCUT2D eigenvalue weighted by Crippen LogP contribution is 1.98. The quantitative estimate of drug-likeness (QED) is 0.666. The van der Waals surface area contributed by atoms with Gasteiger partial charge in [-0.25, -0.2) is 9.67 Å². The van der Waals surface area contributed by atoms with Gasteiger partial charge in [0.25, 0.3) is 0 Å². The highest BCUT2D eigenvalue weighted by Gasteiger charge is 2.00. The topological polar surface area (TPSA) is 84.3 Å². The number of H-pyrrole nitrogens is 1. The summed E-state index contributed by atoms with van der Waals surface area (Å²) in [7, 11) is 1.77. The molecule has 0 spiro atoms. The van der Waals surface area contributed by atoms with Crippen molar-refractivity contribution in [2.75, 3.05) is 5.32 Å². The maximum absolute atomic E-state index is 4.05. The van der Waals surface area contributed by atoms with Crippen LogP contribution in [0.3, 0.4) is 0 Å². The van der Waals surface area contributed by atoms with E-state index in [9.17, 15) is 0 Å². The smallest absolute Gasteiger partial charge is 0.243 e. The highest BCUT2D eigenvalue weighted by molar-refractivity contribution is 5.21. The standard InChI is InChI=1S/C6H9N7/c1-13-6(10-11-12-13)9-4-5-7-2-3-8-5/h2-3H,4H2,1H3,(H,7,8)(H,9,10,12). The Labute approximate surface area is 74.2 Å². The first kappa shape index (κ1) is 7.71. The van der Waals surface area contributed by atoms with Crippen LogP contribution in [0.1, 0.15) is 5.82 Å². The van der Waals surface area contributed by atoms with Crippen molar-refractivity contribution in [2.24, 2.45) is 7.05 Å². The van der Waals surface area contributed by atoms with E-state index in [0.29, 0.717) is 12.5 Å². The van der Waals surface area contributed by atoms with Gasteiger partial charge >= 0.3 is 0 Å². The van der Waals surface area contributed by atoms with E-state index in [1.807, 2.05) is 0 Å². The monoisotopic (exact) mass is 179 g/mol. The van der Waals surface area contributed by atoms with Crippen molar-refractivity contribution < 1.29 is 0 Å². The number of aryl methyl sites for hydroxylation is 1. The first-order valence-electron chi connectivity index (χ1n) is 3.81. The zero-order valence-electron chi connectivity index (χ0n) is 7.10. The Morgan fingerprint density at radius 3 is 3.15 bits per heavy atom. The molecule has 2 N–H and O–H groups in total. The molecule has 2 aromatic rings. The van der Waals surface area contributed by atoms with E-state index in [0.717, 1.165) is 5.82 Å². The molecule has 0 aliphatic carbocycles. The first-order valence-corrected chi connectivity index (χ1v) is 3.81. The van der Waals surface area contributed by atoms with Crippen molar-refractivity contribution in [1.82, 2.24) is 30.2 Å². The van der Waals surface area contributed by atoms with Crippen LogP contribution >= 0.6 is 0 Å². The van der Waals surface area contributed by atoms with Gasteiger partial charge in [-0.1, -0.05) is 5.10 Å². The number of nitrogens with zero attached hydrogens (tertiary/aromatic N) is 5. The molecule has 2 heterocycles. The van der Waals surface area contributed by atoms with Crippen molar-refractivity contribution in [2.45, 2.75) is 6.54 Å². The average molecular weight is 179 g/mol. The molecule has 7 heteroatoms. The molecule has 0 aromatic carbocycles. The molecule has 0 aliphatic rings. The minimum absolute atomic E-state index is 0.585. The molecule has 0 saturated carbocycles. The van der Waals surface area contributed by atoms with Crippen molar-refractivity contribution in [3.8, 4) is 0 Å². The molecule has 0 radical (unpaired) electrons. The van der Waals surface area contributed by atoms with Crippen LogP contribution in [0.2, 0.25) is 0 Å². The molecule has 0 saturated heterocycles. The molecule has 0 aliphatic heterocycles. The lowest BCUT2D eigenvalue weighted by Gasteiger charge is -1.99. The number of imidazole rings is 1. The lowest BCUT2D eigenvalue weighted by Crippen LogP contribution is -2.06. The van der Waals surface area contributed by atoms with Crippen molar-refractivity contribution in [3.05, 3.63) is 18.2 Å². The summed E-state index contributed by atoms with van der Waals surface area (Å²) >= 11 is 0. The van der Waals surface area contributed by atoms with E-state index in [1.54, 1.807) is 24.1 Å². The maximum Gasteiger partial charge on any atom is 0.243 e. The Hall–Kier alpha value is -1.92. The van der Waals surface area contributed by atoms with Gasteiger partial charge in [-0.05, 0) is 10.4 Å². The number of nitrogens with one attached hydrogen (secondary N) is 2. The number of aromatic amines is 1. The fraction of sp³-hybridized carbons (Fsp3) is 0.333. The predicted molar refractivity (Wildman–Crippen MR) is 44.7 cm³/mol. The van der Waals surface area contributed by atoms with Crippen LogP contribution in [0, 0.1) is 0 Å². The van der Waals surface area contributed by atoms with E-state index in [-0.39, 0.29) is 0 Å². The predicted octanol–water partition coefficient (Wildman–Crippen LogP) is -0.455. The molecular weight excluding hydrogens is 170 g/mol. The Bertz CT molecular complexity index is 362. The summed E-state index contributed by atoms with van der Waals surface area (Å²) in [5.74, 6) is 1.47. The van der Waals surface area contributed by atoms with Crippen LogP contribution < -0.4 is 5.32 Å². The van der Waals surface area contributed by atoms with E-state index >= 15 is 0 Å². The van der Waals surface area contributed by atoms with Crippen LogP contribution in [-0.4, -0.2) is 30.2 Å². The van der Waals surface area contributed by atoms with Crippen molar-refractivity contribution in [3.63, 3.8) is 0 Å². The van der Waals surface area contributed by atoms with Crippen LogP contribution in [0.4, 0.5) is 5.95 Å². The molecule has 0 atom stereocenters. The van der Waals surface area contributed by atoms with Crippen LogP contribution in [-0.2, 0) is 13.6 Å². The van der Waals surface area contributed by atoms with E-state index in [2.05, 4.69) is 30.8 Å². The van der Waals surface area contributed by atoms with Gasteiger partial charge in [-0.3, -0.25) is 0 Å². The summed E-state index contributed by atoms with van der Waals surface area (Å²) in [6, 6.07) is 0. The number of tetrazole rings is 1. The summed E-state index contributed by atoms with van der Waals surface area (Å²) in [5, 5.41) is 14.0. The minimum atomic E-state index is 0.585. The summed E-state index contributed by atoms with van der Waals surface area (Å²) < 4.78 is 1.56. The molecule has 0 fully saturated rings. The molecule has 0 unspecified atom stereocenters. The van der Waals surface area contributed by atoms with Gasteiger partial charge in [0.1, 0.15) is 5.82 Å². The molecular formula is C6H9N7. The van der Waals surface area contributed by atoms with E-state index in [4.69, 9.17) is 0 Å². The Balaban J connectivity index is 1.97. The molecule has 7 nitrogen and oxygen atoms in total. The highest BCUT2D eigenvalue weighted by atomic mass is 15.6. The van der Waals surface area contributed by atoms with Crippen LogP contribution in [0.5, 0.6) is 0 Å². The van der Waals surface area contributed by atoms with Gasteiger partial charge in [0.05, 0.1) is 6.54 Å². The Morgan fingerprint density at radius 1 is 1.62 bits per heavy atom. The lowest BCUT2D eigenvalue weighted by molar-refractivity contribution is 0.711. The van der Waals surface area contributed by atoms with Gasteiger partial charge in [-0.2, -0.15) is 0 Å². The van der Waals surface area contributed by atoms with Gasteiger partial charge in [0.15, 0.2) is 0 Å². The number of hydrogen-bond donors (Lipinski definition) is 2. The molecule has 13 heavy (non-hydrogen) atoms. The second kappa shape index (κ2) is 3.21. The van der Waals surface area contributed by atoms with E-state index < -0.39 is 0 Å². The maximum atomic E-state index is 4.05. The molecule has 2 rings (SSSR count). The third-order valence-corrected chi connectivity index (χ3v) is 1.59. The van der Waals surface area contributed by atoms with Gasteiger partial charge in [-0.15, -0.1) is 0 Å². The molecule has 0 amide bonds. The summed E-state index contributed by atoms with van der Waals surface area (Å²) in [4.78, 5) is 7.02. The largest absolute Gasteiger partial charge is 0.347 e. The average Bonchev–Trinajstić information content (AvgIpc) is 2.72. The molecule has 0 bridgehead atoms. The van der Waals surface area contributed by atoms with Gasteiger partial charge < -0.3 is 10.3 Å². The van der Waals surface area contributed by atoms with Crippen LogP contribution in [0.15, 0.2) is 12.4 Å². The third-order valence-electron chi connectivity index (χ3n) is 1.59. The number of aromatic nitrogens is 6. The fourth-order valence-electron chi connectivity index (χ4n) is 0.937. The summed E-state index contributed by atoms with van der Waals surface area (Å²) in [5.41, 5.74) is 0. The van der Waals surface area contributed by atoms with Gasteiger partial charge in [0.2, 0.25) is 5.95 Å². The normalized spacial score (nSPS) is 10.2. The van der Waals surface area contributed by atoms with Crippen LogP contribution in [0.25, 0.3) is 0 Å². The summed E-state index contributed by atoms with van der Waals surface area (Å²) in [6.45, 7) is 0.585. The Morgan fingerprint density at radius 2 is 2.54 bits per heavy atom. The minimum Gasteiger partial charge on any atom is -0.347 e. The SMILES string of the molecule is Cn1nnnc1NCc1ncc[nH]1. The van der Waals surface area contributed by atoms with Crippen molar-refractivity contribution in [1.29, 1.82) is 0 Å². The van der Waals surface area contributed by atoms with Gasteiger partial charge in [0, 0.05) is 19.4 Å². The second-order valence-electron chi connectivity index (χ2n) is 2.52. The number of hydrogen-bond acceptors (Lipinski definition) is 5. The van der Waals surface area contributed by atoms with Crippen molar-refractivity contribution >= 4 is 5.95 Å². The number of rotatable bonds is 3. The zero-order chi connectivity index (χ0) is 9.10. The Kier molecular flexibility index (Phi) is 1.91. The first-order chi connectivity index (χ1) is 6.36. The second-order valence-corrected chi connectivity index (χ2v) is 2.52. The lowest BCUT2D eigenvalue weighted by atomic mass is 10.6. The number of anilines is 1. The van der Waals surface area contributed by atoms with E-state index in [1.165, 1.54) is 0 Å². The molecule has 2 aromatic heterocycles. The fourth-order valence-corrected chi connectivity index (χ4v) is 0.937. The third kappa shape index (κ3) is 1.63. The summed E-state index contributed by atoms with van der Waals surface area (Å²) in [6.07, 6.45) is 3.47. The zero-order valence-corrected chi connectivity index (χ0v) is 7.10. The molecule has 68 valence electrons.